The lowest BCUT2D eigenvalue weighted by molar-refractivity contribution is 0.00578. The molecule has 0 aliphatic carbocycles. The van der Waals surface area contributed by atoms with Crippen molar-refractivity contribution in [3.8, 4) is 10.6 Å². The number of thiazole rings is 1. The topological polar surface area (TPSA) is 31.4 Å². The van der Waals surface area contributed by atoms with Gasteiger partial charge in [0.15, 0.2) is 0 Å². The van der Waals surface area contributed by atoms with Crippen molar-refractivity contribution in [1.82, 2.24) is 4.98 Å². The molecule has 2 aromatic rings. The van der Waals surface area contributed by atoms with Crippen LogP contribution in [-0.2, 0) is 9.31 Å². The van der Waals surface area contributed by atoms with Crippen LogP contribution < -0.4 is 4.78 Å². The Morgan fingerprint density at radius 1 is 1.14 bits per heavy atom. The van der Waals surface area contributed by atoms with Gasteiger partial charge in [-0.2, -0.15) is 0 Å². The summed E-state index contributed by atoms with van der Waals surface area (Å²) in [5, 5.41) is 0.763. The highest BCUT2D eigenvalue weighted by atomic mass is 32.1. The summed E-state index contributed by atoms with van der Waals surface area (Å²) in [6.45, 7) is 8.06. The van der Waals surface area contributed by atoms with Crippen LogP contribution >= 0.6 is 11.3 Å². The van der Waals surface area contributed by atoms with Crippen LogP contribution in [0.2, 0.25) is 0 Å². The zero-order valence-electron chi connectivity index (χ0n) is 12.5. The van der Waals surface area contributed by atoms with Crippen LogP contribution in [0.1, 0.15) is 27.7 Å². The fraction of sp³-hybridized carbons (Fsp3) is 0.400. The molecule has 0 saturated carbocycles. The summed E-state index contributed by atoms with van der Waals surface area (Å²) in [4.78, 5) is 4.36. The SMILES string of the molecule is CC1(C)OB(c2cnc(-c3cccc(F)c3)s2)OC1(C)C. The molecule has 21 heavy (non-hydrogen) atoms. The number of nitrogens with zero attached hydrogens (tertiary/aromatic N) is 1. The van der Waals surface area contributed by atoms with Gasteiger partial charge in [0, 0.05) is 11.8 Å². The van der Waals surface area contributed by atoms with Gasteiger partial charge in [-0.15, -0.1) is 11.3 Å². The molecule has 0 bridgehead atoms. The Kier molecular flexibility index (Phi) is 3.43. The smallest absolute Gasteiger partial charge is 0.399 e. The molecule has 110 valence electrons. The minimum Gasteiger partial charge on any atom is -0.399 e. The van der Waals surface area contributed by atoms with Crippen molar-refractivity contribution in [2.75, 3.05) is 0 Å². The first-order valence-electron chi connectivity index (χ1n) is 6.86. The second-order valence-electron chi connectivity index (χ2n) is 6.17. The Morgan fingerprint density at radius 3 is 2.43 bits per heavy atom. The van der Waals surface area contributed by atoms with E-state index in [4.69, 9.17) is 9.31 Å². The number of hydrogen-bond donors (Lipinski definition) is 0. The third-order valence-electron chi connectivity index (χ3n) is 4.08. The van der Waals surface area contributed by atoms with Crippen molar-refractivity contribution < 1.29 is 13.7 Å². The maximum Gasteiger partial charge on any atom is 0.507 e. The zero-order chi connectivity index (χ0) is 15.3. The molecule has 0 spiro atoms. The Hall–Kier alpha value is -1.24. The van der Waals surface area contributed by atoms with Crippen molar-refractivity contribution in [2.24, 2.45) is 0 Å². The van der Waals surface area contributed by atoms with Gasteiger partial charge in [0.2, 0.25) is 0 Å². The minimum absolute atomic E-state index is 0.264. The van der Waals surface area contributed by atoms with Gasteiger partial charge in [-0.3, -0.25) is 0 Å². The van der Waals surface area contributed by atoms with Crippen molar-refractivity contribution in [2.45, 2.75) is 38.9 Å². The molecule has 1 aromatic carbocycles. The number of halogens is 1. The summed E-state index contributed by atoms with van der Waals surface area (Å²) in [5.74, 6) is -0.264. The van der Waals surface area contributed by atoms with Crippen LogP contribution in [0.5, 0.6) is 0 Å². The van der Waals surface area contributed by atoms with E-state index in [1.165, 1.54) is 23.5 Å². The van der Waals surface area contributed by atoms with Gasteiger partial charge in [0.1, 0.15) is 10.8 Å². The summed E-state index contributed by atoms with van der Waals surface area (Å²) in [5.41, 5.74) is 0.0178. The first kappa shape index (κ1) is 14.7. The highest BCUT2D eigenvalue weighted by Crippen LogP contribution is 2.37. The van der Waals surface area contributed by atoms with Gasteiger partial charge in [-0.1, -0.05) is 12.1 Å². The number of rotatable bonds is 2. The van der Waals surface area contributed by atoms with Gasteiger partial charge >= 0.3 is 7.12 Å². The first-order valence-corrected chi connectivity index (χ1v) is 7.67. The fourth-order valence-corrected chi connectivity index (χ4v) is 2.98. The van der Waals surface area contributed by atoms with Gasteiger partial charge in [0.05, 0.1) is 16.0 Å². The van der Waals surface area contributed by atoms with Gasteiger partial charge in [-0.05, 0) is 39.8 Å². The van der Waals surface area contributed by atoms with Crippen molar-refractivity contribution in [3.05, 3.63) is 36.3 Å². The van der Waals surface area contributed by atoms with Crippen LogP contribution in [0, 0.1) is 5.82 Å². The fourth-order valence-electron chi connectivity index (χ4n) is 2.11. The molecular formula is C15H17BFNO2S. The Balaban J connectivity index is 1.87. The molecule has 3 rings (SSSR count). The summed E-state index contributed by atoms with van der Waals surface area (Å²) >= 11 is 1.47. The highest BCUT2D eigenvalue weighted by molar-refractivity contribution is 7.24. The highest BCUT2D eigenvalue weighted by Gasteiger charge is 2.52. The molecule has 0 N–H and O–H groups in total. The quantitative estimate of drug-likeness (QED) is 0.798. The Bertz CT molecular complexity index is 655. The van der Waals surface area contributed by atoms with Crippen molar-refractivity contribution in [1.29, 1.82) is 0 Å². The Morgan fingerprint density at radius 2 is 1.81 bits per heavy atom. The second kappa shape index (κ2) is 4.90. The van der Waals surface area contributed by atoms with E-state index in [0.717, 1.165) is 15.3 Å². The average Bonchev–Trinajstić information content (AvgIpc) is 2.93. The molecule has 2 heterocycles. The van der Waals surface area contributed by atoms with Crippen LogP contribution in [0.4, 0.5) is 4.39 Å². The summed E-state index contributed by atoms with van der Waals surface area (Å²) in [6, 6.07) is 6.43. The lowest BCUT2D eigenvalue weighted by atomic mass is 9.89. The molecule has 1 fully saturated rings. The molecule has 6 heteroatoms. The first-order chi connectivity index (χ1) is 9.78. The standard InChI is InChI=1S/C15H17BFNO2S/c1-14(2)15(3,4)20-16(19-14)12-9-18-13(21-12)10-6-5-7-11(17)8-10/h5-9H,1-4H3. The average molecular weight is 305 g/mol. The van der Waals surface area contributed by atoms with E-state index < -0.39 is 7.12 Å². The lowest BCUT2D eigenvalue weighted by Gasteiger charge is -2.32. The minimum atomic E-state index is -0.421. The molecule has 1 aromatic heterocycles. The lowest BCUT2D eigenvalue weighted by Crippen LogP contribution is -2.41. The number of hydrogen-bond acceptors (Lipinski definition) is 4. The van der Waals surface area contributed by atoms with E-state index in [2.05, 4.69) is 4.98 Å². The van der Waals surface area contributed by atoms with E-state index >= 15 is 0 Å². The van der Waals surface area contributed by atoms with E-state index in [0.29, 0.717) is 0 Å². The van der Waals surface area contributed by atoms with E-state index in [1.807, 2.05) is 33.8 Å². The predicted octanol–water partition coefficient (Wildman–Crippen LogP) is 3.25. The molecule has 0 unspecified atom stereocenters. The normalized spacial score (nSPS) is 20.0. The van der Waals surface area contributed by atoms with Crippen LogP contribution in [0.25, 0.3) is 10.6 Å². The van der Waals surface area contributed by atoms with Gasteiger partial charge in [-0.25, -0.2) is 9.37 Å². The zero-order valence-corrected chi connectivity index (χ0v) is 13.3. The third kappa shape index (κ3) is 2.63. The van der Waals surface area contributed by atoms with E-state index in [1.54, 1.807) is 12.3 Å². The largest absolute Gasteiger partial charge is 0.507 e. The van der Waals surface area contributed by atoms with Crippen LogP contribution in [0.15, 0.2) is 30.5 Å². The van der Waals surface area contributed by atoms with Gasteiger partial charge in [0.25, 0.3) is 0 Å². The van der Waals surface area contributed by atoms with Crippen molar-refractivity contribution in [3.63, 3.8) is 0 Å². The van der Waals surface area contributed by atoms with Gasteiger partial charge < -0.3 is 9.31 Å². The van der Waals surface area contributed by atoms with Crippen molar-refractivity contribution >= 4 is 23.2 Å². The maximum absolute atomic E-state index is 13.3. The number of benzene rings is 1. The maximum atomic E-state index is 13.3. The molecule has 0 amide bonds. The molecule has 1 saturated heterocycles. The molecule has 1 aliphatic heterocycles. The summed E-state index contributed by atoms with van der Waals surface area (Å²) < 4.78 is 26.2. The second-order valence-corrected chi connectivity index (χ2v) is 7.23. The molecule has 3 nitrogen and oxygen atoms in total. The molecule has 1 aliphatic rings. The monoisotopic (exact) mass is 305 g/mol. The molecular weight excluding hydrogens is 288 g/mol. The molecule has 0 radical (unpaired) electrons. The number of aromatic nitrogens is 1. The van der Waals surface area contributed by atoms with Crippen LogP contribution in [-0.4, -0.2) is 23.3 Å². The summed E-state index contributed by atoms with van der Waals surface area (Å²) in [7, 11) is -0.421. The predicted molar refractivity (Wildman–Crippen MR) is 83.2 cm³/mol. The molecule has 0 atom stereocenters. The third-order valence-corrected chi connectivity index (χ3v) is 5.15. The van der Waals surface area contributed by atoms with E-state index in [-0.39, 0.29) is 17.0 Å². The van der Waals surface area contributed by atoms with E-state index in [9.17, 15) is 4.39 Å². The summed E-state index contributed by atoms with van der Waals surface area (Å²) in [6.07, 6.45) is 1.74. The van der Waals surface area contributed by atoms with Crippen LogP contribution in [0.3, 0.4) is 0 Å². The Labute approximate surface area is 128 Å².